The van der Waals surface area contributed by atoms with E-state index in [-0.39, 0.29) is 15.8 Å². The number of anilines is 1. The Morgan fingerprint density at radius 1 is 1.22 bits per heavy atom. The second-order valence-electron chi connectivity index (χ2n) is 3.95. The highest BCUT2D eigenvalue weighted by Crippen LogP contribution is 2.34. The van der Waals surface area contributed by atoms with Gasteiger partial charge in [0.1, 0.15) is 0 Å². The average Bonchev–Trinajstić information content (AvgIpc) is 2.35. The fourth-order valence-electron chi connectivity index (χ4n) is 1.47. The van der Waals surface area contributed by atoms with Gasteiger partial charge in [-0.3, -0.25) is 4.98 Å². The number of benzene rings is 1. The van der Waals surface area contributed by atoms with Crippen molar-refractivity contribution in [1.29, 1.82) is 0 Å². The third kappa shape index (κ3) is 3.06. The zero-order valence-electron chi connectivity index (χ0n) is 9.74. The summed E-state index contributed by atoms with van der Waals surface area (Å²) in [5.41, 5.74) is 2.79. The van der Waals surface area contributed by atoms with Gasteiger partial charge in [0.05, 0.1) is 10.0 Å². The van der Waals surface area contributed by atoms with E-state index in [1.165, 1.54) is 0 Å². The van der Waals surface area contributed by atoms with Crippen LogP contribution in [0.4, 0.5) is 5.69 Å². The smallest absolute Gasteiger partial charge is 0.152 e. The molecule has 0 fully saturated rings. The van der Waals surface area contributed by atoms with Gasteiger partial charge >= 0.3 is 0 Å². The number of phenolic OH excluding ortho intramolecular Hbond substituents is 1. The summed E-state index contributed by atoms with van der Waals surface area (Å²) in [6.07, 6.45) is 1.81. The minimum atomic E-state index is -0.0964. The van der Waals surface area contributed by atoms with Crippen molar-refractivity contribution in [2.24, 2.45) is 0 Å². The van der Waals surface area contributed by atoms with Gasteiger partial charge in [-0.1, -0.05) is 29.3 Å². The SMILES string of the molecule is Cc1ccc(CNc2cc(Cl)c(O)c(Cl)c2)cn1. The molecule has 2 aromatic rings. The highest BCUT2D eigenvalue weighted by atomic mass is 35.5. The molecule has 0 aliphatic carbocycles. The number of hydrogen-bond donors (Lipinski definition) is 2. The van der Waals surface area contributed by atoms with Crippen LogP contribution in [0.15, 0.2) is 30.5 Å². The van der Waals surface area contributed by atoms with Crippen molar-refractivity contribution in [2.45, 2.75) is 13.5 Å². The van der Waals surface area contributed by atoms with Crippen LogP contribution in [-0.2, 0) is 6.54 Å². The first kappa shape index (κ1) is 13.0. The molecule has 5 heteroatoms. The van der Waals surface area contributed by atoms with E-state index < -0.39 is 0 Å². The molecule has 94 valence electrons. The van der Waals surface area contributed by atoms with Crippen LogP contribution in [0.2, 0.25) is 10.0 Å². The predicted molar refractivity (Wildman–Crippen MR) is 74.4 cm³/mol. The zero-order chi connectivity index (χ0) is 13.1. The largest absolute Gasteiger partial charge is 0.505 e. The molecule has 0 aliphatic heterocycles. The van der Waals surface area contributed by atoms with Crippen molar-refractivity contribution in [3.63, 3.8) is 0 Å². The van der Waals surface area contributed by atoms with Crippen molar-refractivity contribution < 1.29 is 5.11 Å². The Hall–Kier alpha value is -1.45. The van der Waals surface area contributed by atoms with Gasteiger partial charge in [-0.15, -0.1) is 0 Å². The molecule has 2 N–H and O–H groups in total. The van der Waals surface area contributed by atoms with Crippen LogP contribution < -0.4 is 5.32 Å². The highest BCUT2D eigenvalue weighted by molar-refractivity contribution is 6.37. The molecular weight excluding hydrogens is 271 g/mol. The van der Waals surface area contributed by atoms with Crippen LogP contribution in [0.25, 0.3) is 0 Å². The molecule has 18 heavy (non-hydrogen) atoms. The normalized spacial score (nSPS) is 10.4. The van der Waals surface area contributed by atoms with Gasteiger partial charge in [0.25, 0.3) is 0 Å². The number of pyridine rings is 1. The lowest BCUT2D eigenvalue weighted by molar-refractivity contribution is 0.476. The second kappa shape index (κ2) is 5.46. The highest BCUT2D eigenvalue weighted by Gasteiger charge is 2.06. The zero-order valence-corrected chi connectivity index (χ0v) is 11.3. The number of aromatic nitrogens is 1. The van der Waals surface area contributed by atoms with Crippen molar-refractivity contribution in [3.8, 4) is 5.75 Å². The number of nitrogens with zero attached hydrogens (tertiary/aromatic N) is 1. The third-order valence-corrected chi connectivity index (χ3v) is 3.06. The van der Waals surface area contributed by atoms with Crippen molar-refractivity contribution in [1.82, 2.24) is 4.98 Å². The molecule has 0 radical (unpaired) electrons. The van der Waals surface area contributed by atoms with Crippen molar-refractivity contribution in [2.75, 3.05) is 5.32 Å². The first-order valence-electron chi connectivity index (χ1n) is 5.39. The minimum Gasteiger partial charge on any atom is -0.505 e. The predicted octanol–water partition coefficient (Wildman–Crippen LogP) is 4.01. The molecule has 1 aromatic carbocycles. The lowest BCUT2D eigenvalue weighted by Gasteiger charge is -2.09. The molecule has 1 aromatic heterocycles. The second-order valence-corrected chi connectivity index (χ2v) is 4.76. The Labute approximate surface area is 115 Å². The van der Waals surface area contributed by atoms with Crippen LogP contribution in [-0.4, -0.2) is 10.1 Å². The number of aromatic hydroxyl groups is 1. The average molecular weight is 283 g/mol. The summed E-state index contributed by atoms with van der Waals surface area (Å²) in [6, 6.07) is 7.21. The van der Waals surface area contributed by atoms with Gasteiger partial charge < -0.3 is 10.4 Å². The standard InChI is InChI=1S/C13H12Cl2N2O/c1-8-2-3-9(6-16-8)7-17-10-4-11(14)13(18)12(15)5-10/h2-6,17-18H,7H2,1H3. The summed E-state index contributed by atoms with van der Waals surface area (Å²) < 4.78 is 0. The summed E-state index contributed by atoms with van der Waals surface area (Å²) >= 11 is 11.7. The monoisotopic (exact) mass is 282 g/mol. The summed E-state index contributed by atoms with van der Waals surface area (Å²) in [7, 11) is 0. The van der Waals surface area contributed by atoms with E-state index in [0.717, 1.165) is 16.9 Å². The van der Waals surface area contributed by atoms with Gasteiger partial charge in [-0.05, 0) is 30.7 Å². The van der Waals surface area contributed by atoms with E-state index in [9.17, 15) is 5.11 Å². The van der Waals surface area contributed by atoms with E-state index in [2.05, 4.69) is 10.3 Å². The minimum absolute atomic E-state index is 0.0964. The van der Waals surface area contributed by atoms with E-state index in [4.69, 9.17) is 23.2 Å². The van der Waals surface area contributed by atoms with Gasteiger partial charge in [-0.25, -0.2) is 0 Å². The molecule has 0 spiro atoms. The van der Waals surface area contributed by atoms with E-state index >= 15 is 0 Å². The molecule has 2 rings (SSSR count). The first-order valence-corrected chi connectivity index (χ1v) is 6.15. The summed E-state index contributed by atoms with van der Waals surface area (Å²) in [5.74, 6) is -0.0964. The van der Waals surface area contributed by atoms with Crippen molar-refractivity contribution >= 4 is 28.9 Å². The maximum absolute atomic E-state index is 9.44. The number of nitrogens with one attached hydrogen (secondary N) is 1. The van der Waals surface area contributed by atoms with E-state index in [1.54, 1.807) is 12.1 Å². The molecule has 0 saturated carbocycles. The summed E-state index contributed by atoms with van der Waals surface area (Å²) in [5, 5.41) is 13.1. The Balaban J connectivity index is 2.08. The molecule has 0 bridgehead atoms. The fourth-order valence-corrected chi connectivity index (χ4v) is 1.96. The molecular formula is C13H12Cl2N2O. The van der Waals surface area contributed by atoms with Crippen LogP contribution in [0, 0.1) is 6.92 Å². The molecule has 0 saturated heterocycles. The van der Waals surface area contributed by atoms with Gasteiger partial charge in [0, 0.05) is 24.1 Å². The van der Waals surface area contributed by atoms with Gasteiger partial charge in [0.15, 0.2) is 5.75 Å². The molecule has 0 unspecified atom stereocenters. The van der Waals surface area contributed by atoms with Crippen LogP contribution >= 0.6 is 23.2 Å². The number of halogens is 2. The van der Waals surface area contributed by atoms with E-state index in [0.29, 0.717) is 6.54 Å². The maximum Gasteiger partial charge on any atom is 0.152 e. The van der Waals surface area contributed by atoms with E-state index in [1.807, 2.05) is 25.3 Å². The quantitative estimate of drug-likeness (QED) is 0.836. The van der Waals surface area contributed by atoms with Crippen LogP contribution in [0.1, 0.15) is 11.3 Å². The molecule has 0 aliphatic rings. The molecule has 0 amide bonds. The third-order valence-electron chi connectivity index (χ3n) is 2.49. The topological polar surface area (TPSA) is 45.1 Å². The molecule has 1 heterocycles. The molecule has 0 atom stereocenters. The summed E-state index contributed by atoms with van der Waals surface area (Å²) in [4.78, 5) is 4.21. The molecule has 3 nitrogen and oxygen atoms in total. The number of rotatable bonds is 3. The maximum atomic E-state index is 9.44. The first-order chi connectivity index (χ1) is 8.56. The van der Waals surface area contributed by atoms with Gasteiger partial charge in [0.2, 0.25) is 0 Å². The fraction of sp³-hybridized carbons (Fsp3) is 0.154. The number of aryl methyl sites for hydroxylation is 1. The summed E-state index contributed by atoms with van der Waals surface area (Å²) in [6.45, 7) is 2.56. The van der Waals surface area contributed by atoms with Crippen molar-refractivity contribution in [3.05, 3.63) is 51.8 Å². The lowest BCUT2D eigenvalue weighted by atomic mass is 10.2. The van der Waals surface area contributed by atoms with Gasteiger partial charge in [-0.2, -0.15) is 0 Å². The number of phenols is 1. The number of hydrogen-bond acceptors (Lipinski definition) is 3. The Morgan fingerprint density at radius 3 is 2.44 bits per heavy atom. The Bertz CT molecular complexity index is 532. The van der Waals surface area contributed by atoms with Crippen LogP contribution in [0.3, 0.4) is 0 Å². The lowest BCUT2D eigenvalue weighted by Crippen LogP contribution is -2.00. The Kier molecular flexibility index (Phi) is 3.94. The van der Waals surface area contributed by atoms with Crippen LogP contribution in [0.5, 0.6) is 5.75 Å². The Morgan fingerprint density at radius 2 is 1.89 bits per heavy atom.